The van der Waals surface area contributed by atoms with Crippen LogP contribution in [0.25, 0.3) is 27.8 Å². The van der Waals surface area contributed by atoms with E-state index in [1.807, 2.05) is 96.4 Å². The van der Waals surface area contributed by atoms with Crippen molar-refractivity contribution < 1.29 is 4.79 Å². The first kappa shape index (κ1) is 20.9. The maximum absolute atomic E-state index is 13.1. The van der Waals surface area contributed by atoms with Crippen molar-refractivity contribution in [3.05, 3.63) is 97.3 Å². The average Bonchev–Trinajstić information content (AvgIpc) is 3.28. The van der Waals surface area contributed by atoms with Gasteiger partial charge in [-0.15, -0.1) is 10.2 Å². The van der Waals surface area contributed by atoms with Crippen molar-refractivity contribution in [2.45, 2.75) is 17.3 Å². The van der Waals surface area contributed by atoms with Crippen LogP contribution in [0.1, 0.15) is 6.92 Å². The van der Waals surface area contributed by atoms with Crippen LogP contribution in [-0.4, -0.2) is 30.9 Å². The maximum atomic E-state index is 13.1. The highest BCUT2D eigenvalue weighted by Gasteiger charge is 2.22. The molecule has 0 aliphatic carbocycles. The fourth-order valence-corrected chi connectivity index (χ4v) is 4.49. The predicted octanol–water partition coefficient (Wildman–Crippen LogP) is 5.60. The number of carbonyl (C=O) groups excluding carboxylic acids is 1. The summed E-state index contributed by atoms with van der Waals surface area (Å²) in [5.41, 5.74) is 2.57. The van der Waals surface area contributed by atoms with E-state index in [0.717, 1.165) is 27.7 Å². The minimum Gasteiger partial charge on any atom is -0.325 e. The van der Waals surface area contributed by atoms with Gasteiger partial charge >= 0.3 is 0 Å². The molecule has 0 unspecified atom stereocenters. The minimum absolute atomic E-state index is 0.0955. The van der Waals surface area contributed by atoms with Gasteiger partial charge in [-0.1, -0.05) is 66.4 Å². The van der Waals surface area contributed by atoms with Crippen LogP contribution in [0.3, 0.4) is 0 Å². The van der Waals surface area contributed by atoms with Crippen molar-refractivity contribution >= 4 is 34.1 Å². The number of benzene rings is 3. The number of para-hydroxylation sites is 1. The lowest BCUT2D eigenvalue weighted by Gasteiger charge is -2.15. The summed E-state index contributed by atoms with van der Waals surface area (Å²) in [6.07, 6.45) is 3.48. The molecule has 1 amide bonds. The smallest absolute Gasteiger partial charge is 0.237 e. The van der Waals surface area contributed by atoms with E-state index in [1.165, 1.54) is 11.8 Å². The number of anilines is 1. The molecule has 1 N–H and O–H groups in total. The van der Waals surface area contributed by atoms with Gasteiger partial charge in [0.2, 0.25) is 5.91 Å². The Kier molecular flexibility index (Phi) is 5.87. The lowest BCUT2D eigenvalue weighted by Crippen LogP contribution is -2.23. The van der Waals surface area contributed by atoms with Crippen molar-refractivity contribution in [2.24, 2.45) is 0 Å². The minimum atomic E-state index is -0.391. The van der Waals surface area contributed by atoms with Gasteiger partial charge in [0.05, 0.1) is 5.25 Å². The molecule has 6 nitrogen and oxygen atoms in total. The quantitative estimate of drug-likeness (QED) is 0.340. The van der Waals surface area contributed by atoms with Crippen LogP contribution in [0, 0.1) is 0 Å². The van der Waals surface area contributed by atoms with E-state index in [0.29, 0.717) is 11.0 Å². The average molecular weight is 452 g/mol. The Bertz CT molecular complexity index is 1400. The van der Waals surface area contributed by atoms with Gasteiger partial charge < -0.3 is 5.32 Å². The van der Waals surface area contributed by atoms with Gasteiger partial charge in [-0.3, -0.25) is 14.3 Å². The first-order chi connectivity index (χ1) is 16.2. The largest absolute Gasteiger partial charge is 0.325 e. The van der Waals surface area contributed by atoms with Crippen LogP contribution < -0.4 is 5.32 Å². The number of thioether (sulfide) groups is 1. The molecule has 0 aliphatic rings. The second kappa shape index (κ2) is 9.26. The summed E-state index contributed by atoms with van der Waals surface area (Å²) in [4.78, 5) is 17.3. The number of fused-ring (bicyclic) bond motifs is 1. The number of aromatic nitrogens is 4. The van der Waals surface area contributed by atoms with Crippen LogP contribution in [-0.2, 0) is 4.79 Å². The summed E-state index contributed by atoms with van der Waals surface area (Å²) in [5, 5.41) is 14.3. The summed E-state index contributed by atoms with van der Waals surface area (Å²) >= 11 is 1.37. The molecule has 7 heteroatoms. The van der Waals surface area contributed by atoms with E-state index >= 15 is 0 Å². The summed E-state index contributed by atoms with van der Waals surface area (Å²) in [6, 6.07) is 27.6. The van der Waals surface area contributed by atoms with Crippen LogP contribution in [0.15, 0.2) is 102 Å². The zero-order chi connectivity index (χ0) is 22.6. The third-order valence-corrected chi connectivity index (χ3v) is 6.31. The van der Waals surface area contributed by atoms with E-state index in [-0.39, 0.29) is 5.91 Å². The first-order valence-electron chi connectivity index (χ1n) is 10.6. The molecule has 3 aromatic carbocycles. The van der Waals surface area contributed by atoms with Gasteiger partial charge in [-0.2, -0.15) is 0 Å². The number of pyridine rings is 1. The lowest BCUT2D eigenvalue weighted by atomic mass is 10.1. The van der Waals surface area contributed by atoms with Gasteiger partial charge in [0, 0.05) is 34.7 Å². The van der Waals surface area contributed by atoms with Gasteiger partial charge in [0.1, 0.15) is 0 Å². The van der Waals surface area contributed by atoms with Crippen LogP contribution in [0.2, 0.25) is 0 Å². The zero-order valence-corrected chi connectivity index (χ0v) is 18.7. The molecule has 0 bridgehead atoms. The molecular weight excluding hydrogens is 430 g/mol. The summed E-state index contributed by atoms with van der Waals surface area (Å²) in [7, 11) is 0. The van der Waals surface area contributed by atoms with Crippen molar-refractivity contribution in [2.75, 3.05) is 5.32 Å². The fourth-order valence-electron chi connectivity index (χ4n) is 3.62. The molecule has 5 aromatic rings. The van der Waals surface area contributed by atoms with E-state index in [9.17, 15) is 4.79 Å². The highest BCUT2D eigenvalue weighted by atomic mass is 32.2. The Morgan fingerprint density at radius 1 is 0.909 bits per heavy atom. The predicted molar refractivity (Wildman–Crippen MR) is 132 cm³/mol. The fraction of sp³-hybridized carbons (Fsp3) is 0.0769. The zero-order valence-electron chi connectivity index (χ0n) is 17.9. The molecule has 2 aromatic heterocycles. The van der Waals surface area contributed by atoms with Crippen LogP contribution in [0.5, 0.6) is 0 Å². The molecule has 162 valence electrons. The SMILES string of the molecule is C[C@@H](Sc1nnc(-c2cccnc2)n1-c1ccccc1)C(=O)Nc1cccc2ccccc12. The van der Waals surface area contributed by atoms with E-state index in [4.69, 9.17) is 0 Å². The molecular formula is C26H21N5OS. The summed E-state index contributed by atoms with van der Waals surface area (Å²) in [6.45, 7) is 1.87. The normalized spacial score (nSPS) is 11.9. The number of rotatable bonds is 6. The van der Waals surface area contributed by atoms with Gasteiger partial charge in [-0.05, 0) is 42.6 Å². The number of hydrogen-bond acceptors (Lipinski definition) is 5. The molecule has 0 radical (unpaired) electrons. The summed E-state index contributed by atoms with van der Waals surface area (Å²) in [5.74, 6) is 0.584. The van der Waals surface area contributed by atoms with Crippen molar-refractivity contribution in [1.29, 1.82) is 0 Å². The maximum Gasteiger partial charge on any atom is 0.237 e. The third-order valence-electron chi connectivity index (χ3n) is 5.27. The third kappa shape index (κ3) is 4.36. The number of hydrogen-bond donors (Lipinski definition) is 1. The highest BCUT2D eigenvalue weighted by molar-refractivity contribution is 8.00. The second-order valence-electron chi connectivity index (χ2n) is 7.49. The molecule has 33 heavy (non-hydrogen) atoms. The van der Waals surface area contributed by atoms with E-state index < -0.39 is 5.25 Å². The van der Waals surface area contributed by atoms with Crippen LogP contribution >= 0.6 is 11.8 Å². The topological polar surface area (TPSA) is 72.7 Å². The highest BCUT2D eigenvalue weighted by Crippen LogP contribution is 2.31. The summed E-state index contributed by atoms with van der Waals surface area (Å²) < 4.78 is 1.96. The van der Waals surface area contributed by atoms with Gasteiger partial charge in [0.25, 0.3) is 0 Å². The molecule has 0 fully saturated rings. The lowest BCUT2D eigenvalue weighted by molar-refractivity contribution is -0.115. The van der Waals surface area contributed by atoms with Crippen LogP contribution in [0.4, 0.5) is 5.69 Å². The Balaban J connectivity index is 1.44. The standard InChI is InChI=1S/C26H21N5OS/c1-18(25(32)28-23-15-7-10-19-9-5-6-14-22(19)23)33-26-30-29-24(20-11-8-16-27-17-20)31(26)21-12-3-2-4-13-21/h2-18H,1H3,(H,28,32)/t18-/m1/s1. The molecule has 0 saturated carbocycles. The monoisotopic (exact) mass is 451 g/mol. The first-order valence-corrected chi connectivity index (χ1v) is 11.5. The van der Waals surface area contributed by atoms with Crippen molar-refractivity contribution in [3.63, 3.8) is 0 Å². The van der Waals surface area contributed by atoms with Gasteiger partial charge in [-0.25, -0.2) is 0 Å². The van der Waals surface area contributed by atoms with E-state index in [2.05, 4.69) is 20.5 Å². The Hall–Kier alpha value is -3.97. The Labute approximate surface area is 195 Å². The number of amides is 1. The Morgan fingerprint density at radius 2 is 1.70 bits per heavy atom. The Morgan fingerprint density at radius 3 is 2.52 bits per heavy atom. The molecule has 0 aliphatic heterocycles. The number of carbonyl (C=O) groups is 1. The van der Waals surface area contributed by atoms with Crippen molar-refractivity contribution in [1.82, 2.24) is 19.7 Å². The molecule has 0 spiro atoms. The van der Waals surface area contributed by atoms with Gasteiger partial charge in [0.15, 0.2) is 11.0 Å². The molecule has 0 saturated heterocycles. The number of nitrogens with zero attached hydrogens (tertiary/aromatic N) is 4. The molecule has 5 rings (SSSR count). The van der Waals surface area contributed by atoms with E-state index in [1.54, 1.807) is 12.4 Å². The van der Waals surface area contributed by atoms with Crippen molar-refractivity contribution in [3.8, 4) is 17.1 Å². The second-order valence-corrected chi connectivity index (χ2v) is 8.80. The molecule has 1 atom stereocenters. The number of nitrogens with one attached hydrogen (secondary N) is 1. The molecule has 2 heterocycles.